The number of sulfonamides is 1. The number of nitrogens with zero attached hydrogens (tertiary/aromatic N) is 2. The van der Waals surface area contributed by atoms with E-state index in [0.717, 1.165) is 21.9 Å². The zero-order chi connectivity index (χ0) is 30.0. The Morgan fingerprint density at radius 2 is 1.33 bits per heavy atom. The van der Waals surface area contributed by atoms with Gasteiger partial charge in [-0.15, -0.1) is 0 Å². The summed E-state index contributed by atoms with van der Waals surface area (Å²) in [6, 6.07) is 32.2. The quantitative estimate of drug-likeness (QED) is 0.212. The smallest absolute Gasteiger partial charge is 0.264 e. The summed E-state index contributed by atoms with van der Waals surface area (Å²) < 4.78 is 28.9. The first-order chi connectivity index (χ1) is 20.3. The SMILES string of the molecule is CCCNC(=O)C(Cc1ccccc1)N(Cc1ccccc1)C(=O)CN(c1ccc(Cl)cc1)S(=O)(=O)c1ccccc1. The largest absolute Gasteiger partial charge is 0.354 e. The van der Waals surface area contributed by atoms with Gasteiger partial charge in [-0.3, -0.25) is 13.9 Å². The van der Waals surface area contributed by atoms with E-state index in [1.165, 1.54) is 17.0 Å². The van der Waals surface area contributed by atoms with Crippen molar-refractivity contribution < 1.29 is 18.0 Å². The summed E-state index contributed by atoms with van der Waals surface area (Å²) in [5.74, 6) is -0.810. The topological polar surface area (TPSA) is 86.8 Å². The number of nitrogens with one attached hydrogen (secondary N) is 1. The Hall–Kier alpha value is -4.14. The van der Waals surface area contributed by atoms with Crippen LogP contribution < -0.4 is 9.62 Å². The number of rotatable bonds is 13. The molecule has 9 heteroatoms. The third kappa shape index (κ3) is 7.99. The Labute approximate surface area is 252 Å². The lowest BCUT2D eigenvalue weighted by Gasteiger charge is -2.34. The summed E-state index contributed by atoms with van der Waals surface area (Å²) in [5.41, 5.74) is 1.98. The molecule has 0 aliphatic carbocycles. The predicted molar refractivity (Wildman–Crippen MR) is 167 cm³/mol. The second kappa shape index (κ2) is 14.7. The highest BCUT2D eigenvalue weighted by molar-refractivity contribution is 7.92. The van der Waals surface area contributed by atoms with Crippen LogP contribution in [0.15, 0.2) is 120 Å². The fourth-order valence-electron chi connectivity index (χ4n) is 4.56. The average Bonchev–Trinajstić information content (AvgIpc) is 3.02. The molecule has 0 fully saturated rings. The van der Waals surface area contributed by atoms with Crippen LogP contribution in [0.4, 0.5) is 5.69 Å². The minimum Gasteiger partial charge on any atom is -0.354 e. The van der Waals surface area contributed by atoms with E-state index < -0.39 is 28.5 Å². The maximum absolute atomic E-state index is 14.3. The third-order valence-corrected chi connectivity index (χ3v) is 8.78. The molecule has 2 amide bonds. The average molecular weight is 604 g/mol. The van der Waals surface area contributed by atoms with Crippen LogP contribution in [-0.2, 0) is 32.6 Å². The van der Waals surface area contributed by atoms with Gasteiger partial charge in [-0.25, -0.2) is 8.42 Å². The van der Waals surface area contributed by atoms with Crippen LogP contribution in [0.1, 0.15) is 24.5 Å². The zero-order valence-corrected chi connectivity index (χ0v) is 25.0. The molecule has 0 bridgehead atoms. The predicted octanol–water partition coefficient (Wildman–Crippen LogP) is 5.70. The van der Waals surface area contributed by atoms with E-state index in [4.69, 9.17) is 11.6 Å². The molecule has 0 saturated heterocycles. The normalized spacial score (nSPS) is 11.9. The molecule has 0 spiro atoms. The number of amides is 2. The standard InChI is InChI=1S/C33H34ClN3O4S/c1-2-22-35-33(39)31(23-26-12-6-3-7-13-26)36(24-27-14-8-4-9-15-27)32(38)25-37(29-20-18-28(34)19-21-29)42(40,41)30-16-10-5-11-17-30/h3-21,31H,2,22-25H2,1H3,(H,35,39). The second-order valence-corrected chi connectivity index (χ2v) is 12.1. The van der Waals surface area contributed by atoms with E-state index in [0.29, 0.717) is 11.6 Å². The molecule has 1 N–H and O–H groups in total. The van der Waals surface area contributed by atoms with E-state index >= 15 is 0 Å². The lowest BCUT2D eigenvalue weighted by Crippen LogP contribution is -2.53. The van der Waals surface area contributed by atoms with Gasteiger partial charge in [0.1, 0.15) is 12.6 Å². The third-order valence-electron chi connectivity index (χ3n) is 6.74. The molecule has 0 heterocycles. The van der Waals surface area contributed by atoms with Gasteiger partial charge in [-0.1, -0.05) is 97.4 Å². The van der Waals surface area contributed by atoms with Crippen LogP contribution in [0.25, 0.3) is 0 Å². The molecular formula is C33H34ClN3O4S. The Balaban J connectivity index is 1.77. The van der Waals surface area contributed by atoms with Gasteiger partial charge in [0.05, 0.1) is 10.6 Å². The minimum absolute atomic E-state index is 0.0453. The van der Waals surface area contributed by atoms with Crippen molar-refractivity contribution >= 4 is 39.1 Å². The summed E-state index contributed by atoms with van der Waals surface area (Å²) in [6.07, 6.45) is 0.997. The van der Waals surface area contributed by atoms with Gasteiger partial charge >= 0.3 is 0 Å². The fourth-order valence-corrected chi connectivity index (χ4v) is 6.12. The van der Waals surface area contributed by atoms with E-state index in [2.05, 4.69) is 5.32 Å². The summed E-state index contributed by atoms with van der Waals surface area (Å²) >= 11 is 6.10. The first-order valence-corrected chi connectivity index (χ1v) is 15.6. The number of hydrogen-bond donors (Lipinski definition) is 1. The summed E-state index contributed by atoms with van der Waals surface area (Å²) in [6.45, 7) is 2.02. The van der Waals surface area contributed by atoms with E-state index in [9.17, 15) is 18.0 Å². The Kier molecular flexibility index (Phi) is 10.8. The lowest BCUT2D eigenvalue weighted by atomic mass is 10.0. The van der Waals surface area contributed by atoms with Crippen molar-refractivity contribution in [1.82, 2.24) is 10.2 Å². The summed E-state index contributed by atoms with van der Waals surface area (Å²) in [4.78, 5) is 29.4. The van der Waals surface area contributed by atoms with Crippen LogP contribution in [0.3, 0.4) is 0 Å². The first-order valence-electron chi connectivity index (χ1n) is 13.8. The monoisotopic (exact) mass is 603 g/mol. The van der Waals surface area contributed by atoms with Gasteiger partial charge < -0.3 is 10.2 Å². The molecule has 0 aliphatic heterocycles. The molecule has 1 unspecified atom stereocenters. The van der Waals surface area contributed by atoms with Gasteiger partial charge in [0.2, 0.25) is 11.8 Å². The maximum atomic E-state index is 14.3. The second-order valence-electron chi connectivity index (χ2n) is 9.80. The van der Waals surface area contributed by atoms with E-state index in [-0.39, 0.29) is 29.5 Å². The molecule has 0 aromatic heterocycles. The van der Waals surface area contributed by atoms with Crippen molar-refractivity contribution in [1.29, 1.82) is 0 Å². The number of benzene rings is 4. The number of carbonyl (C=O) groups excluding carboxylic acids is 2. The van der Waals surface area contributed by atoms with Gasteiger partial charge in [0.15, 0.2) is 0 Å². The fraction of sp³-hybridized carbons (Fsp3) is 0.212. The van der Waals surface area contributed by atoms with Crippen molar-refractivity contribution in [2.45, 2.75) is 37.2 Å². The minimum atomic E-state index is -4.15. The molecule has 1 atom stereocenters. The van der Waals surface area contributed by atoms with Crippen molar-refractivity contribution in [3.05, 3.63) is 131 Å². The van der Waals surface area contributed by atoms with Crippen LogP contribution in [0, 0.1) is 0 Å². The molecule has 218 valence electrons. The molecule has 42 heavy (non-hydrogen) atoms. The molecule has 4 aromatic rings. The molecule has 0 aliphatic rings. The van der Waals surface area contributed by atoms with Crippen LogP contribution >= 0.6 is 11.6 Å². The lowest BCUT2D eigenvalue weighted by molar-refractivity contribution is -0.140. The Morgan fingerprint density at radius 3 is 1.90 bits per heavy atom. The van der Waals surface area contributed by atoms with Gasteiger partial charge in [0, 0.05) is 24.5 Å². The highest BCUT2D eigenvalue weighted by Crippen LogP contribution is 2.26. The van der Waals surface area contributed by atoms with Gasteiger partial charge in [0.25, 0.3) is 10.0 Å². The molecule has 0 saturated carbocycles. The zero-order valence-electron chi connectivity index (χ0n) is 23.4. The van der Waals surface area contributed by atoms with Crippen molar-refractivity contribution in [2.24, 2.45) is 0 Å². The van der Waals surface area contributed by atoms with Crippen molar-refractivity contribution in [3.63, 3.8) is 0 Å². The number of anilines is 1. The Bertz CT molecular complexity index is 1550. The van der Waals surface area contributed by atoms with Crippen molar-refractivity contribution in [2.75, 3.05) is 17.4 Å². The molecular weight excluding hydrogens is 570 g/mol. The highest BCUT2D eigenvalue weighted by atomic mass is 35.5. The molecule has 4 aromatic carbocycles. The molecule has 0 radical (unpaired) electrons. The van der Waals surface area contributed by atoms with E-state index in [1.807, 2.05) is 67.6 Å². The Morgan fingerprint density at radius 1 is 0.786 bits per heavy atom. The molecule has 4 rings (SSSR count). The highest BCUT2D eigenvalue weighted by Gasteiger charge is 2.34. The number of hydrogen-bond acceptors (Lipinski definition) is 4. The number of halogens is 1. The van der Waals surface area contributed by atoms with Crippen LogP contribution in [0.2, 0.25) is 5.02 Å². The summed E-state index contributed by atoms with van der Waals surface area (Å²) in [7, 11) is -4.15. The van der Waals surface area contributed by atoms with Crippen LogP contribution in [0.5, 0.6) is 0 Å². The van der Waals surface area contributed by atoms with Gasteiger partial charge in [-0.2, -0.15) is 0 Å². The van der Waals surface area contributed by atoms with Gasteiger partial charge in [-0.05, 0) is 53.9 Å². The maximum Gasteiger partial charge on any atom is 0.264 e. The molecule has 7 nitrogen and oxygen atoms in total. The van der Waals surface area contributed by atoms with E-state index in [1.54, 1.807) is 42.5 Å². The number of carbonyl (C=O) groups is 2. The van der Waals surface area contributed by atoms with Crippen molar-refractivity contribution in [3.8, 4) is 0 Å². The first kappa shape index (κ1) is 30.8. The summed E-state index contributed by atoms with van der Waals surface area (Å²) in [5, 5.41) is 3.38. The van der Waals surface area contributed by atoms with Crippen LogP contribution in [-0.4, -0.2) is 44.3 Å².